The summed E-state index contributed by atoms with van der Waals surface area (Å²) in [6, 6.07) is 2.97. The number of phenolic OH excluding ortho intramolecular Hbond substituents is 1. The van der Waals surface area contributed by atoms with Gasteiger partial charge in [0, 0.05) is 5.56 Å². The zero-order valence-corrected chi connectivity index (χ0v) is 7.64. The predicted molar refractivity (Wildman–Crippen MR) is 47.9 cm³/mol. The number of ketones is 1. The first kappa shape index (κ1) is 9.07. The summed E-state index contributed by atoms with van der Waals surface area (Å²) >= 11 is 5.63. The van der Waals surface area contributed by atoms with Crippen LogP contribution < -0.4 is 0 Å². The van der Waals surface area contributed by atoms with Crippen LogP contribution in [0.1, 0.15) is 22.8 Å². The minimum Gasteiger partial charge on any atom is -0.506 e. The average Bonchev–Trinajstić information content (AvgIpc) is 1.96. The summed E-state index contributed by atoms with van der Waals surface area (Å²) < 4.78 is 0. The highest BCUT2D eigenvalue weighted by Crippen LogP contribution is 2.26. The van der Waals surface area contributed by atoms with Crippen molar-refractivity contribution in [1.82, 2.24) is 0 Å². The Labute approximate surface area is 75.8 Å². The minimum absolute atomic E-state index is 0.0486. The third-order valence-electron chi connectivity index (χ3n) is 1.67. The maximum atomic E-state index is 11.0. The van der Waals surface area contributed by atoms with Crippen molar-refractivity contribution in [3.63, 3.8) is 0 Å². The van der Waals surface area contributed by atoms with Gasteiger partial charge in [0.15, 0.2) is 5.78 Å². The van der Waals surface area contributed by atoms with Gasteiger partial charge in [-0.3, -0.25) is 4.79 Å². The number of benzene rings is 1. The van der Waals surface area contributed by atoms with E-state index in [1.165, 1.54) is 13.0 Å². The van der Waals surface area contributed by atoms with E-state index in [-0.39, 0.29) is 16.6 Å². The van der Waals surface area contributed by atoms with Crippen LogP contribution in [0.5, 0.6) is 5.75 Å². The highest BCUT2D eigenvalue weighted by molar-refractivity contribution is 6.32. The molecule has 3 heteroatoms. The van der Waals surface area contributed by atoms with Crippen LogP contribution in [0.2, 0.25) is 5.02 Å². The zero-order valence-electron chi connectivity index (χ0n) is 6.89. The van der Waals surface area contributed by atoms with Gasteiger partial charge in [-0.1, -0.05) is 11.6 Å². The number of carbonyl (C=O) groups is 1. The number of rotatable bonds is 1. The van der Waals surface area contributed by atoms with Crippen molar-refractivity contribution in [2.45, 2.75) is 13.8 Å². The molecule has 0 amide bonds. The van der Waals surface area contributed by atoms with Crippen LogP contribution in [0.15, 0.2) is 12.1 Å². The van der Waals surface area contributed by atoms with E-state index in [9.17, 15) is 9.90 Å². The SMILES string of the molecule is CC(=O)c1cc(O)c(Cl)cc1C. The fourth-order valence-corrected chi connectivity index (χ4v) is 1.26. The largest absolute Gasteiger partial charge is 0.506 e. The fraction of sp³-hybridized carbons (Fsp3) is 0.222. The molecule has 0 saturated carbocycles. The highest BCUT2D eigenvalue weighted by Gasteiger charge is 2.07. The van der Waals surface area contributed by atoms with E-state index < -0.39 is 0 Å². The van der Waals surface area contributed by atoms with E-state index in [0.29, 0.717) is 5.56 Å². The lowest BCUT2D eigenvalue weighted by Gasteiger charge is -2.03. The maximum Gasteiger partial charge on any atom is 0.160 e. The number of aromatic hydroxyl groups is 1. The zero-order chi connectivity index (χ0) is 9.30. The standard InChI is InChI=1S/C9H9ClO2/c1-5-3-8(10)9(12)4-7(5)6(2)11/h3-4,12H,1-2H3. The predicted octanol–water partition coefficient (Wildman–Crippen LogP) is 2.56. The first-order chi connectivity index (χ1) is 5.52. The maximum absolute atomic E-state index is 11.0. The Hall–Kier alpha value is -1.02. The van der Waals surface area contributed by atoms with Crippen molar-refractivity contribution in [1.29, 1.82) is 0 Å². The molecule has 1 aromatic rings. The Morgan fingerprint density at radius 1 is 1.50 bits per heavy atom. The summed E-state index contributed by atoms with van der Waals surface area (Å²) in [5, 5.41) is 9.46. The van der Waals surface area contributed by atoms with E-state index in [1.54, 1.807) is 13.0 Å². The first-order valence-corrected chi connectivity index (χ1v) is 3.90. The van der Waals surface area contributed by atoms with Crippen LogP contribution in [0.3, 0.4) is 0 Å². The van der Waals surface area contributed by atoms with E-state index in [0.717, 1.165) is 5.56 Å². The second-order valence-electron chi connectivity index (χ2n) is 2.67. The van der Waals surface area contributed by atoms with Gasteiger partial charge in [-0.05, 0) is 31.5 Å². The van der Waals surface area contributed by atoms with Gasteiger partial charge in [0.1, 0.15) is 5.75 Å². The molecule has 1 N–H and O–H groups in total. The number of phenols is 1. The highest BCUT2D eigenvalue weighted by atomic mass is 35.5. The summed E-state index contributed by atoms with van der Waals surface area (Å²) in [7, 11) is 0. The number of aryl methyl sites for hydroxylation is 1. The second kappa shape index (κ2) is 3.15. The van der Waals surface area contributed by atoms with Gasteiger partial charge in [0.2, 0.25) is 0 Å². The van der Waals surface area contributed by atoms with Crippen molar-refractivity contribution in [3.8, 4) is 5.75 Å². The summed E-state index contributed by atoms with van der Waals surface area (Å²) in [4.78, 5) is 11.0. The van der Waals surface area contributed by atoms with Gasteiger partial charge in [-0.2, -0.15) is 0 Å². The van der Waals surface area contributed by atoms with Crippen LogP contribution in [-0.4, -0.2) is 10.9 Å². The van der Waals surface area contributed by atoms with Crippen molar-refractivity contribution in [3.05, 3.63) is 28.3 Å². The summed E-state index contributed by atoms with van der Waals surface area (Å²) in [5.41, 5.74) is 1.29. The van der Waals surface area contributed by atoms with E-state index in [1.807, 2.05) is 0 Å². The molecule has 0 aliphatic carbocycles. The lowest BCUT2D eigenvalue weighted by atomic mass is 10.1. The molecule has 0 spiro atoms. The molecule has 0 fully saturated rings. The third kappa shape index (κ3) is 1.59. The van der Waals surface area contributed by atoms with E-state index in [4.69, 9.17) is 11.6 Å². The average molecular weight is 185 g/mol. The fourth-order valence-electron chi connectivity index (χ4n) is 1.04. The van der Waals surface area contributed by atoms with Gasteiger partial charge in [-0.15, -0.1) is 0 Å². The smallest absolute Gasteiger partial charge is 0.160 e. The molecule has 0 aliphatic rings. The van der Waals surface area contributed by atoms with Crippen molar-refractivity contribution < 1.29 is 9.90 Å². The topological polar surface area (TPSA) is 37.3 Å². The molecule has 0 bridgehead atoms. The molecule has 12 heavy (non-hydrogen) atoms. The first-order valence-electron chi connectivity index (χ1n) is 3.52. The molecule has 0 unspecified atom stereocenters. The molecule has 0 aliphatic heterocycles. The number of halogens is 1. The summed E-state index contributed by atoms with van der Waals surface area (Å²) in [6.45, 7) is 3.23. The molecule has 64 valence electrons. The second-order valence-corrected chi connectivity index (χ2v) is 3.08. The molecule has 0 heterocycles. The van der Waals surface area contributed by atoms with Gasteiger partial charge >= 0.3 is 0 Å². The van der Waals surface area contributed by atoms with Gasteiger partial charge < -0.3 is 5.11 Å². The molecular formula is C9H9ClO2. The van der Waals surface area contributed by atoms with Crippen molar-refractivity contribution in [2.75, 3.05) is 0 Å². The number of hydrogen-bond acceptors (Lipinski definition) is 2. The molecule has 1 aromatic carbocycles. The van der Waals surface area contributed by atoms with Crippen molar-refractivity contribution in [2.24, 2.45) is 0 Å². The van der Waals surface area contributed by atoms with E-state index in [2.05, 4.69) is 0 Å². The Morgan fingerprint density at radius 3 is 2.58 bits per heavy atom. The van der Waals surface area contributed by atoms with Crippen LogP contribution >= 0.6 is 11.6 Å². The number of Topliss-reactive ketones (excluding diaryl/α,β-unsaturated/α-hetero) is 1. The quantitative estimate of drug-likeness (QED) is 0.682. The Kier molecular flexibility index (Phi) is 2.38. The summed E-state index contributed by atoms with van der Waals surface area (Å²) in [5.74, 6) is -0.119. The molecule has 0 aromatic heterocycles. The Morgan fingerprint density at radius 2 is 2.08 bits per heavy atom. The Balaban J connectivity index is 3.33. The van der Waals surface area contributed by atoms with Crippen molar-refractivity contribution >= 4 is 17.4 Å². The van der Waals surface area contributed by atoms with E-state index >= 15 is 0 Å². The Bertz CT molecular complexity index is 332. The molecule has 1 rings (SSSR count). The van der Waals surface area contributed by atoms with Gasteiger partial charge in [0.25, 0.3) is 0 Å². The number of hydrogen-bond donors (Lipinski definition) is 1. The minimum atomic E-state index is -0.0699. The number of carbonyl (C=O) groups excluding carboxylic acids is 1. The van der Waals surface area contributed by atoms with Crippen LogP contribution in [0.4, 0.5) is 0 Å². The third-order valence-corrected chi connectivity index (χ3v) is 1.98. The normalized spacial score (nSPS) is 9.92. The molecule has 0 radical (unpaired) electrons. The monoisotopic (exact) mass is 184 g/mol. The summed E-state index contributed by atoms with van der Waals surface area (Å²) in [6.07, 6.45) is 0. The van der Waals surface area contributed by atoms with Gasteiger partial charge in [0.05, 0.1) is 5.02 Å². The molecule has 2 nitrogen and oxygen atoms in total. The van der Waals surface area contributed by atoms with Crippen LogP contribution in [0, 0.1) is 6.92 Å². The lowest BCUT2D eigenvalue weighted by molar-refractivity contribution is 0.101. The molecule has 0 atom stereocenters. The lowest BCUT2D eigenvalue weighted by Crippen LogP contribution is -1.95. The van der Waals surface area contributed by atoms with Crippen LogP contribution in [-0.2, 0) is 0 Å². The van der Waals surface area contributed by atoms with Gasteiger partial charge in [-0.25, -0.2) is 0 Å². The molecular weight excluding hydrogens is 176 g/mol. The van der Waals surface area contributed by atoms with Crippen LogP contribution in [0.25, 0.3) is 0 Å². The molecule has 0 saturated heterocycles.